The van der Waals surface area contributed by atoms with Gasteiger partial charge in [0.2, 0.25) is 11.8 Å². The van der Waals surface area contributed by atoms with Gasteiger partial charge in [0.25, 0.3) is 0 Å². The van der Waals surface area contributed by atoms with Gasteiger partial charge in [-0.15, -0.1) is 0 Å². The number of rotatable bonds is 4. The maximum absolute atomic E-state index is 13.2. The third-order valence-electron chi connectivity index (χ3n) is 4.62. The normalized spacial score (nSPS) is 16.6. The lowest BCUT2D eigenvalue weighted by atomic mass is 9.88. The van der Waals surface area contributed by atoms with Crippen molar-refractivity contribution in [3.05, 3.63) is 71.4 Å². The molecule has 1 aliphatic rings. The van der Waals surface area contributed by atoms with E-state index < -0.39 is 35.3 Å². The Morgan fingerprint density at radius 1 is 1.03 bits per heavy atom. The van der Waals surface area contributed by atoms with Gasteiger partial charge in [-0.2, -0.15) is 0 Å². The first kappa shape index (κ1) is 20.2. The van der Waals surface area contributed by atoms with Crippen molar-refractivity contribution in [2.75, 3.05) is 17.3 Å². The fourth-order valence-corrected chi connectivity index (χ4v) is 3.24. The SMILES string of the molecule is COC(=O)C1=C(C)N(c2ccc(F)cc2)C(=O)CC1C(=O)Nc1ccc(F)cc1. The molecular formula is C21H18F2N2O4. The summed E-state index contributed by atoms with van der Waals surface area (Å²) in [6.07, 6.45) is -0.286. The quantitative estimate of drug-likeness (QED) is 0.799. The second kappa shape index (κ2) is 8.22. The van der Waals surface area contributed by atoms with Crippen LogP contribution in [0.1, 0.15) is 13.3 Å². The third-order valence-corrected chi connectivity index (χ3v) is 4.62. The molecule has 0 aromatic heterocycles. The second-order valence-electron chi connectivity index (χ2n) is 6.45. The molecule has 1 aliphatic heterocycles. The summed E-state index contributed by atoms with van der Waals surface area (Å²) in [7, 11) is 1.18. The van der Waals surface area contributed by atoms with Gasteiger partial charge in [-0.25, -0.2) is 13.6 Å². The molecule has 2 amide bonds. The van der Waals surface area contributed by atoms with Crippen LogP contribution in [-0.2, 0) is 19.1 Å². The van der Waals surface area contributed by atoms with E-state index in [2.05, 4.69) is 5.32 Å². The van der Waals surface area contributed by atoms with Gasteiger partial charge in [-0.1, -0.05) is 0 Å². The Morgan fingerprint density at radius 3 is 2.14 bits per heavy atom. The lowest BCUT2D eigenvalue weighted by Crippen LogP contribution is -2.43. The summed E-state index contributed by atoms with van der Waals surface area (Å²) in [6.45, 7) is 1.52. The van der Waals surface area contributed by atoms with Gasteiger partial charge in [0.1, 0.15) is 11.6 Å². The van der Waals surface area contributed by atoms with E-state index in [1.54, 1.807) is 0 Å². The van der Waals surface area contributed by atoms with Crippen LogP contribution in [0, 0.1) is 17.6 Å². The molecule has 0 radical (unpaired) electrons. The minimum atomic E-state index is -1.09. The first-order valence-corrected chi connectivity index (χ1v) is 8.76. The molecule has 0 fully saturated rings. The maximum atomic E-state index is 13.2. The van der Waals surface area contributed by atoms with Crippen molar-refractivity contribution in [3.8, 4) is 0 Å². The van der Waals surface area contributed by atoms with Crippen molar-refractivity contribution in [1.82, 2.24) is 0 Å². The summed E-state index contributed by atoms with van der Waals surface area (Å²) >= 11 is 0. The molecule has 1 unspecified atom stereocenters. The number of carbonyl (C=O) groups excluding carboxylic acids is 3. The summed E-state index contributed by atoms with van der Waals surface area (Å²) in [5.74, 6) is -3.79. The summed E-state index contributed by atoms with van der Waals surface area (Å²) in [5, 5.41) is 2.58. The van der Waals surface area contributed by atoms with E-state index in [9.17, 15) is 23.2 Å². The Balaban J connectivity index is 1.98. The van der Waals surface area contributed by atoms with E-state index in [0.717, 1.165) is 0 Å². The van der Waals surface area contributed by atoms with Crippen LogP contribution in [0.25, 0.3) is 0 Å². The first-order valence-electron chi connectivity index (χ1n) is 8.76. The van der Waals surface area contributed by atoms with Crippen LogP contribution in [0.5, 0.6) is 0 Å². The van der Waals surface area contributed by atoms with Gasteiger partial charge in [-0.05, 0) is 55.5 Å². The molecule has 2 aromatic carbocycles. The van der Waals surface area contributed by atoms with Crippen molar-refractivity contribution in [2.45, 2.75) is 13.3 Å². The molecule has 6 nitrogen and oxygen atoms in total. The summed E-state index contributed by atoms with van der Waals surface area (Å²) in [6, 6.07) is 10.3. The standard InChI is InChI=1S/C21H18F2N2O4/c1-12-19(21(28)29-2)17(20(27)24-15-7-3-13(22)4-8-15)11-18(26)25(12)16-9-5-14(23)6-10-16/h3-10,17H,11H2,1-2H3,(H,24,27). The Kier molecular flexibility index (Phi) is 5.72. The minimum Gasteiger partial charge on any atom is -0.466 e. The molecule has 1 heterocycles. The largest absolute Gasteiger partial charge is 0.466 e. The zero-order chi connectivity index (χ0) is 21.1. The number of anilines is 2. The maximum Gasteiger partial charge on any atom is 0.336 e. The van der Waals surface area contributed by atoms with E-state index >= 15 is 0 Å². The van der Waals surface area contributed by atoms with Gasteiger partial charge < -0.3 is 10.1 Å². The van der Waals surface area contributed by atoms with Gasteiger partial charge in [0.15, 0.2) is 0 Å². The average Bonchev–Trinajstić information content (AvgIpc) is 2.70. The molecule has 0 saturated carbocycles. The first-order chi connectivity index (χ1) is 13.8. The number of allylic oxidation sites excluding steroid dienone is 1. The predicted molar refractivity (Wildman–Crippen MR) is 102 cm³/mol. The summed E-state index contributed by atoms with van der Waals surface area (Å²) < 4.78 is 31.1. The van der Waals surface area contributed by atoms with Crippen molar-refractivity contribution in [2.24, 2.45) is 5.92 Å². The fraction of sp³-hybridized carbons (Fsp3) is 0.190. The lowest BCUT2D eigenvalue weighted by Gasteiger charge is -2.33. The number of nitrogens with one attached hydrogen (secondary N) is 1. The summed E-state index contributed by atoms with van der Waals surface area (Å²) in [4.78, 5) is 39.2. The highest BCUT2D eigenvalue weighted by Crippen LogP contribution is 2.34. The Hall–Kier alpha value is -3.55. The van der Waals surface area contributed by atoms with Crippen LogP contribution in [-0.4, -0.2) is 24.9 Å². The molecule has 150 valence electrons. The number of halogens is 2. The molecule has 0 saturated heterocycles. The third kappa shape index (κ3) is 4.16. The van der Waals surface area contributed by atoms with Gasteiger partial charge in [0.05, 0.1) is 18.6 Å². The number of esters is 1. The number of benzene rings is 2. The van der Waals surface area contributed by atoms with Crippen LogP contribution in [0.3, 0.4) is 0 Å². The zero-order valence-corrected chi connectivity index (χ0v) is 15.7. The van der Waals surface area contributed by atoms with Gasteiger partial charge >= 0.3 is 5.97 Å². The van der Waals surface area contributed by atoms with Crippen molar-refractivity contribution < 1.29 is 27.9 Å². The van der Waals surface area contributed by atoms with Crippen LogP contribution in [0.2, 0.25) is 0 Å². The van der Waals surface area contributed by atoms with Gasteiger partial charge in [-0.3, -0.25) is 14.5 Å². The number of methoxy groups -OCH3 is 1. The van der Waals surface area contributed by atoms with Gasteiger partial charge in [0, 0.05) is 23.5 Å². The van der Waals surface area contributed by atoms with Crippen molar-refractivity contribution >= 4 is 29.2 Å². The molecule has 0 bridgehead atoms. The van der Waals surface area contributed by atoms with E-state index in [0.29, 0.717) is 11.4 Å². The molecule has 0 spiro atoms. The highest BCUT2D eigenvalue weighted by atomic mass is 19.1. The van der Waals surface area contributed by atoms with Crippen molar-refractivity contribution in [3.63, 3.8) is 0 Å². The molecule has 8 heteroatoms. The lowest BCUT2D eigenvalue weighted by molar-refractivity contribution is -0.138. The van der Waals surface area contributed by atoms with Crippen LogP contribution in [0.4, 0.5) is 20.2 Å². The Morgan fingerprint density at radius 2 is 1.59 bits per heavy atom. The number of carbonyl (C=O) groups is 3. The fourth-order valence-electron chi connectivity index (χ4n) is 3.24. The van der Waals surface area contributed by atoms with E-state index in [1.807, 2.05) is 0 Å². The Labute approximate surface area is 165 Å². The Bertz CT molecular complexity index is 985. The molecule has 1 atom stereocenters. The number of nitrogens with zero attached hydrogens (tertiary/aromatic N) is 1. The number of amides is 2. The molecule has 0 aliphatic carbocycles. The van der Waals surface area contributed by atoms with E-state index in [4.69, 9.17) is 4.74 Å². The topological polar surface area (TPSA) is 75.7 Å². The smallest absolute Gasteiger partial charge is 0.336 e. The van der Waals surface area contributed by atoms with Crippen molar-refractivity contribution in [1.29, 1.82) is 0 Å². The molecule has 2 aromatic rings. The molecule has 1 N–H and O–H groups in total. The number of hydrogen-bond acceptors (Lipinski definition) is 4. The number of ether oxygens (including phenoxy) is 1. The van der Waals surface area contributed by atoms with E-state index in [-0.39, 0.29) is 17.7 Å². The van der Waals surface area contributed by atoms with E-state index in [1.165, 1.54) is 67.5 Å². The van der Waals surface area contributed by atoms with Crippen LogP contribution < -0.4 is 10.2 Å². The zero-order valence-electron chi connectivity index (χ0n) is 15.7. The highest BCUT2D eigenvalue weighted by molar-refractivity contribution is 6.10. The van der Waals surface area contributed by atoms with Crippen LogP contribution >= 0.6 is 0 Å². The highest BCUT2D eigenvalue weighted by Gasteiger charge is 2.40. The molecule has 29 heavy (non-hydrogen) atoms. The monoisotopic (exact) mass is 400 g/mol. The van der Waals surface area contributed by atoms with Crippen LogP contribution in [0.15, 0.2) is 59.8 Å². The predicted octanol–water partition coefficient (Wildman–Crippen LogP) is 3.40. The molecular weight excluding hydrogens is 382 g/mol. The average molecular weight is 400 g/mol. The minimum absolute atomic E-state index is 0.0241. The number of hydrogen-bond donors (Lipinski definition) is 1. The molecule has 3 rings (SSSR count). The second-order valence-corrected chi connectivity index (χ2v) is 6.45. The summed E-state index contributed by atoms with van der Waals surface area (Å²) in [5.41, 5.74) is 0.939.